The van der Waals surface area contributed by atoms with Crippen LogP contribution in [0.25, 0.3) is 0 Å². The van der Waals surface area contributed by atoms with Crippen molar-refractivity contribution in [3.05, 3.63) is 34.7 Å². The fourth-order valence-electron chi connectivity index (χ4n) is 2.99. The summed E-state index contributed by atoms with van der Waals surface area (Å²) >= 11 is 0. The van der Waals surface area contributed by atoms with E-state index in [0.29, 0.717) is 12.1 Å². The van der Waals surface area contributed by atoms with Crippen LogP contribution in [0.5, 0.6) is 0 Å². The second kappa shape index (κ2) is 12.5. The predicted octanol–water partition coefficient (Wildman–Crippen LogP) is 2.30. The highest BCUT2D eigenvalue weighted by Crippen LogP contribution is 2.03. The van der Waals surface area contributed by atoms with E-state index in [1.807, 2.05) is 12.3 Å². The minimum absolute atomic E-state index is 0.0610. The van der Waals surface area contributed by atoms with Crippen molar-refractivity contribution in [2.24, 2.45) is 4.99 Å². The Morgan fingerprint density at radius 1 is 1.15 bits per heavy atom. The number of hydrogen-bond donors (Lipinski definition) is 2. The number of aryl methyl sites for hydroxylation is 1. The van der Waals surface area contributed by atoms with Crippen molar-refractivity contribution in [2.45, 2.75) is 66.1 Å². The van der Waals surface area contributed by atoms with Gasteiger partial charge in [0.15, 0.2) is 5.96 Å². The first-order valence-electron chi connectivity index (χ1n) is 9.89. The monoisotopic (exact) mass is 363 g/mol. The van der Waals surface area contributed by atoms with Crippen LogP contribution in [0, 0.1) is 0 Å². The molecule has 0 unspecified atom stereocenters. The normalized spacial score (nSPS) is 12.2. The van der Waals surface area contributed by atoms with Gasteiger partial charge in [-0.3, -0.25) is 14.7 Å². The van der Waals surface area contributed by atoms with E-state index in [1.165, 1.54) is 0 Å². The van der Waals surface area contributed by atoms with Crippen LogP contribution >= 0.6 is 0 Å². The molecule has 0 aliphatic rings. The Labute approximate surface area is 158 Å². The van der Waals surface area contributed by atoms with E-state index in [9.17, 15) is 4.79 Å². The number of nitrogens with zero attached hydrogens (tertiary/aromatic N) is 3. The number of pyridine rings is 1. The highest BCUT2D eigenvalue weighted by molar-refractivity contribution is 5.79. The molecule has 1 heterocycles. The summed E-state index contributed by atoms with van der Waals surface area (Å²) in [4.78, 5) is 18.8. The third kappa shape index (κ3) is 8.52. The first-order valence-corrected chi connectivity index (χ1v) is 9.89. The maximum Gasteiger partial charge on any atom is 0.250 e. The molecule has 0 fully saturated rings. The maximum atomic E-state index is 11.7. The molecule has 1 aromatic heterocycles. The Morgan fingerprint density at radius 3 is 2.50 bits per heavy atom. The average molecular weight is 364 g/mol. The first-order chi connectivity index (χ1) is 12.5. The Balaban J connectivity index is 2.36. The number of aliphatic imine (C=N–C) groups is 1. The van der Waals surface area contributed by atoms with Gasteiger partial charge in [0.1, 0.15) is 0 Å². The van der Waals surface area contributed by atoms with Gasteiger partial charge in [0, 0.05) is 57.1 Å². The summed E-state index contributed by atoms with van der Waals surface area (Å²) < 4.78 is 1.75. The molecule has 0 atom stereocenters. The molecule has 26 heavy (non-hydrogen) atoms. The smallest absolute Gasteiger partial charge is 0.250 e. The number of rotatable bonds is 11. The van der Waals surface area contributed by atoms with Crippen molar-refractivity contribution >= 4 is 5.96 Å². The van der Waals surface area contributed by atoms with Crippen LogP contribution in [0.15, 0.2) is 34.2 Å². The molecule has 0 aliphatic heterocycles. The summed E-state index contributed by atoms with van der Waals surface area (Å²) in [7, 11) is 0. The summed E-state index contributed by atoms with van der Waals surface area (Å²) in [5.41, 5.74) is 0.0610. The van der Waals surface area contributed by atoms with Crippen LogP contribution < -0.4 is 16.2 Å². The Kier molecular flexibility index (Phi) is 10.7. The van der Waals surface area contributed by atoms with E-state index < -0.39 is 0 Å². The predicted molar refractivity (Wildman–Crippen MR) is 111 cm³/mol. The molecule has 0 radical (unpaired) electrons. The lowest BCUT2D eigenvalue weighted by Crippen LogP contribution is -2.45. The highest BCUT2D eigenvalue weighted by Gasteiger charge is 2.12. The SMILES string of the molecule is CCNC(=NCCCCn1ccccc1=O)NCCN(C(C)C)C(C)C. The molecule has 1 aromatic rings. The van der Waals surface area contributed by atoms with Crippen LogP contribution in [0.4, 0.5) is 0 Å². The van der Waals surface area contributed by atoms with Gasteiger partial charge < -0.3 is 15.2 Å². The molecule has 1 rings (SSSR count). The molecule has 0 amide bonds. The molecule has 0 bridgehead atoms. The fraction of sp³-hybridized carbons (Fsp3) is 0.700. The van der Waals surface area contributed by atoms with Crippen molar-refractivity contribution in [3.8, 4) is 0 Å². The lowest BCUT2D eigenvalue weighted by molar-refractivity contribution is 0.178. The molecule has 0 saturated heterocycles. The molecular formula is C20H37N5O. The average Bonchev–Trinajstić information content (AvgIpc) is 2.59. The van der Waals surface area contributed by atoms with E-state index in [0.717, 1.165) is 51.5 Å². The van der Waals surface area contributed by atoms with Gasteiger partial charge in [-0.15, -0.1) is 0 Å². The third-order valence-corrected chi connectivity index (χ3v) is 4.31. The number of guanidine groups is 1. The van der Waals surface area contributed by atoms with Gasteiger partial charge in [-0.1, -0.05) is 6.07 Å². The van der Waals surface area contributed by atoms with Crippen molar-refractivity contribution < 1.29 is 0 Å². The highest BCUT2D eigenvalue weighted by atomic mass is 16.1. The number of unbranched alkanes of at least 4 members (excludes halogenated alkanes) is 1. The van der Waals surface area contributed by atoms with Gasteiger partial charge in [-0.2, -0.15) is 0 Å². The number of aromatic nitrogens is 1. The topological polar surface area (TPSA) is 61.7 Å². The van der Waals surface area contributed by atoms with Crippen LogP contribution in [0.1, 0.15) is 47.5 Å². The van der Waals surface area contributed by atoms with Crippen molar-refractivity contribution in [1.29, 1.82) is 0 Å². The summed E-state index contributed by atoms with van der Waals surface area (Å²) in [6, 6.07) is 6.35. The lowest BCUT2D eigenvalue weighted by atomic mass is 10.2. The largest absolute Gasteiger partial charge is 0.357 e. The fourth-order valence-corrected chi connectivity index (χ4v) is 2.99. The van der Waals surface area contributed by atoms with Crippen LogP contribution in [0.2, 0.25) is 0 Å². The zero-order chi connectivity index (χ0) is 19.4. The standard InChI is InChI=1S/C20H37N5O/c1-6-21-20(23-13-16-25(17(2)3)18(4)5)22-12-8-10-15-24-14-9-7-11-19(24)26/h7,9,11,14,17-18H,6,8,10,12-13,15-16H2,1-5H3,(H2,21,22,23). The molecule has 0 spiro atoms. The molecule has 2 N–H and O–H groups in total. The second-order valence-electron chi connectivity index (χ2n) is 7.05. The van der Waals surface area contributed by atoms with Gasteiger partial charge in [0.2, 0.25) is 5.56 Å². The van der Waals surface area contributed by atoms with Gasteiger partial charge in [-0.25, -0.2) is 0 Å². The Bertz CT molecular complexity index is 572. The minimum Gasteiger partial charge on any atom is -0.357 e. The molecular weight excluding hydrogens is 326 g/mol. The van der Waals surface area contributed by atoms with Crippen molar-refractivity contribution in [3.63, 3.8) is 0 Å². The lowest BCUT2D eigenvalue weighted by Gasteiger charge is -2.30. The first kappa shape index (κ1) is 22.2. The van der Waals surface area contributed by atoms with Gasteiger partial charge in [0.25, 0.3) is 0 Å². The minimum atomic E-state index is 0.0610. The number of nitrogens with one attached hydrogen (secondary N) is 2. The second-order valence-corrected chi connectivity index (χ2v) is 7.05. The Morgan fingerprint density at radius 2 is 1.88 bits per heavy atom. The van der Waals surface area contributed by atoms with Crippen LogP contribution in [0.3, 0.4) is 0 Å². The molecule has 0 aromatic carbocycles. The zero-order valence-corrected chi connectivity index (χ0v) is 17.2. The number of hydrogen-bond acceptors (Lipinski definition) is 3. The zero-order valence-electron chi connectivity index (χ0n) is 17.2. The van der Waals surface area contributed by atoms with Gasteiger partial charge >= 0.3 is 0 Å². The van der Waals surface area contributed by atoms with E-state index in [1.54, 1.807) is 16.7 Å². The summed E-state index contributed by atoms with van der Waals surface area (Å²) in [5, 5.41) is 6.72. The van der Waals surface area contributed by atoms with Crippen LogP contribution in [-0.2, 0) is 6.54 Å². The molecule has 148 valence electrons. The third-order valence-electron chi connectivity index (χ3n) is 4.31. The molecule has 6 heteroatoms. The van der Waals surface area contributed by atoms with Gasteiger partial charge in [0.05, 0.1) is 0 Å². The molecule has 0 aliphatic carbocycles. The van der Waals surface area contributed by atoms with E-state index in [-0.39, 0.29) is 5.56 Å². The van der Waals surface area contributed by atoms with E-state index >= 15 is 0 Å². The molecule has 0 saturated carbocycles. The van der Waals surface area contributed by atoms with Gasteiger partial charge in [-0.05, 0) is 53.5 Å². The van der Waals surface area contributed by atoms with Crippen LogP contribution in [-0.4, -0.2) is 53.7 Å². The van der Waals surface area contributed by atoms with E-state index in [2.05, 4.69) is 55.1 Å². The van der Waals surface area contributed by atoms with E-state index in [4.69, 9.17) is 0 Å². The maximum absolute atomic E-state index is 11.7. The van der Waals surface area contributed by atoms with Crippen molar-refractivity contribution in [2.75, 3.05) is 26.2 Å². The van der Waals surface area contributed by atoms with Crippen molar-refractivity contribution in [1.82, 2.24) is 20.1 Å². The Hall–Kier alpha value is -1.82. The summed E-state index contributed by atoms with van der Waals surface area (Å²) in [6.45, 7) is 15.2. The summed E-state index contributed by atoms with van der Waals surface area (Å²) in [6.07, 6.45) is 3.75. The quantitative estimate of drug-likeness (QED) is 0.360. The summed E-state index contributed by atoms with van der Waals surface area (Å²) in [5.74, 6) is 0.872. The molecule has 6 nitrogen and oxygen atoms in total.